The second kappa shape index (κ2) is 6.92. The highest BCUT2D eigenvalue weighted by Gasteiger charge is 2.41. The molecule has 2 N–H and O–H groups in total. The second-order valence-corrected chi connectivity index (χ2v) is 7.08. The van der Waals surface area contributed by atoms with Gasteiger partial charge in [0.15, 0.2) is 5.96 Å². The average molecular weight is 396 g/mol. The molecule has 1 aromatic heterocycles. The maximum absolute atomic E-state index is 13.1. The minimum atomic E-state index is -4.39. The molecule has 0 saturated heterocycles. The third-order valence-electron chi connectivity index (χ3n) is 5.18. The van der Waals surface area contributed by atoms with E-state index in [0.29, 0.717) is 23.6 Å². The molecule has 0 bridgehead atoms. The summed E-state index contributed by atoms with van der Waals surface area (Å²) >= 11 is 0. The molecule has 3 aromatic rings. The molecule has 2 heterocycles. The van der Waals surface area contributed by atoms with Crippen molar-refractivity contribution in [3.05, 3.63) is 89.7 Å². The van der Waals surface area contributed by atoms with E-state index in [1.54, 1.807) is 24.5 Å². The Balaban J connectivity index is 1.84. The number of benzene rings is 2. The summed E-state index contributed by atoms with van der Waals surface area (Å²) in [7, 11) is 1.86. The van der Waals surface area contributed by atoms with Gasteiger partial charge < -0.3 is 10.6 Å². The smallest absolute Gasteiger partial charge is 0.370 e. The van der Waals surface area contributed by atoms with E-state index in [0.717, 1.165) is 23.3 Å². The Morgan fingerprint density at radius 2 is 1.59 bits per heavy atom. The van der Waals surface area contributed by atoms with Crippen molar-refractivity contribution in [2.45, 2.75) is 11.7 Å². The molecule has 0 saturated carbocycles. The normalized spacial score (nSPS) is 19.3. The van der Waals surface area contributed by atoms with Crippen LogP contribution in [0, 0.1) is 0 Å². The van der Waals surface area contributed by atoms with E-state index in [9.17, 15) is 13.2 Å². The van der Waals surface area contributed by atoms with Crippen LogP contribution in [0.25, 0.3) is 11.1 Å². The maximum Gasteiger partial charge on any atom is 0.416 e. The monoisotopic (exact) mass is 396 g/mol. The molecule has 0 amide bonds. The predicted octanol–water partition coefficient (Wildman–Crippen LogP) is 4.27. The number of hydrogen-bond donors (Lipinski definition) is 1. The van der Waals surface area contributed by atoms with E-state index < -0.39 is 17.3 Å². The first kappa shape index (κ1) is 19.0. The molecule has 0 aliphatic carbocycles. The molecule has 4 nitrogen and oxygen atoms in total. The molecule has 1 atom stereocenters. The molecule has 0 fully saturated rings. The Labute approximate surface area is 166 Å². The molecule has 7 heteroatoms. The topological polar surface area (TPSA) is 54.5 Å². The van der Waals surface area contributed by atoms with Crippen LogP contribution in [-0.2, 0) is 11.7 Å². The molecule has 29 heavy (non-hydrogen) atoms. The predicted molar refractivity (Wildman–Crippen MR) is 106 cm³/mol. The van der Waals surface area contributed by atoms with Crippen molar-refractivity contribution in [1.29, 1.82) is 0 Å². The SMILES string of the molecule is CN1CC(c2ccncc2)(c2cccc(-c3cccc(C(F)(F)F)c3)c2)N=C1N. The molecule has 2 aromatic carbocycles. The fourth-order valence-electron chi connectivity index (χ4n) is 3.68. The third-order valence-corrected chi connectivity index (χ3v) is 5.18. The summed E-state index contributed by atoms with van der Waals surface area (Å²) in [5.41, 5.74) is 7.61. The molecule has 0 spiro atoms. The molecule has 1 unspecified atom stereocenters. The Morgan fingerprint density at radius 3 is 2.21 bits per heavy atom. The second-order valence-electron chi connectivity index (χ2n) is 7.08. The van der Waals surface area contributed by atoms with E-state index in [4.69, 9.17) is 10.7 Å². The first-order valence-corrected chi connectivity index (χ1v) is 9.05. The highest BCUT2D eigenvalue weighted by molar-refractivity contribution is 5.81. The van der Waals surface area contributed by atoms with Gasteiger partial charge in [-0.1, -0.05) is 30.3 Å². The van der Waals surface area contributed by atoms with Gasteiger partial charge in [-0.3, -0.25) is 4.98 Å². The largest absolute Gasteiger partial charge is 0.416 e. The van der Waals surface area contributed by atoms with Crippen LogP contribution >= 0.6 is 0 Å². The third kappa shape index (κ3) is 3.44. The molecule has 148 valence electrons. The lowest BCUT2D eigenvalue weighted by atomic mass is 9.83. The van der Waals surface area contributed by atoms with Crippen LogP contribution in [0.2, 0.25) is 0 Å². The van der Waals surface area contributed by atoms with E-state index in [1.807, 2.05) is 42.3 Å². The number of nitrogens with two attached hydrogens (primary N) is 1. The number of alkyl halides is 3. The number of nitrogens with zero attached hydrogens (tertiary/aromatic N) is 3. The summed E-state index contributed by atoms with van der Waals surface area (Å²) in [5, 5.41) is 0. The number of likely N-dealkylation sites (N-methyl/N-ethyl adjacent to an activating group) is 1. The van der Waals surface area contributed by atoms with Gasteiger partial charge >= 0.3 is 6.18 Å². The molecule has 1 aliphatic heterocycles. The van der Waals surface area contributed by atoms with Gasteiger partial charge in [0, 0.05) is 19.4 Å². The lowest BCUT2D eigenvalue weighted by molar-refractivity contribution is -0.137. The summed E-state index contributed by atoms with van der Waals surface area (Å²) < 4.78 is 39.4. The number of pyridine rings is 1. The summed E-state index contributed by atoms with van der Waals surface area (Å²) in [6.45, 7) is 0.523. The quantitative estimate of drug-likeness (QED) is 0.719. The fraction of sp³-hybridized carbons (Fsp3) is 0.182. The lowest BCUT2D eigenvalue weighted by Crippen LogP contribution is -2.34. The zero-order valence-corrected chi connectivity index (χ0v) is 15.7. The Hall–Kier alpha value is -3.35. The zero-order valence-electron chi connectivity index (χ0n) is 15.7. The number of aliphatic imine (C=N–C) groups is 1. The van der Waals surface area contributed by atoms with E-state index in [-0.39, 0.29) is 0 Å². The van der Waals surface area contributed by atoms with Crippen molar-refractivity contribution in [3.63, 3.8) is 0 Å². The van der Waals surface area contributed by atoms with E-state index >= 15 is 0 Å². The van der Waals surface area contributed by atoms with E-state index in [1.165, 1.54) is 6.07 Å². The first-order chi connectivity index (χ1) is 13.8. The van der Waals surface area contributed by atoms with Crippen LogP contribution in [0.3, 0.4) is 0 Å². The summed E-state index contributed by atoms with van der Waals surface area (Å²) in [4.78, 5) is 10.7. The van der Waals surface area contributed by atoms with Gasteiger partial charge in [0.25, 0.3) is 0 Å². The number of hydrogen-bond acceptors (Lipinski definition) is 4. The fourth-order valence-corrected chi connectivity index (χ4v) is 3.68. The van der Waals surface area contributed by atoms with Gasteiger partial charge in [0.05, 0.1) is 12.1 Å². The Morgan fingerprint density at radius 1 is 0.931 bits per heavy atom. The number of guanidine groups is 1. The Kier molecular flexibility index (Phi) is 4.53. The van der Waals surface area contributed by atoms with Gasteiger partial charge in [0.1, 0.15) is 5.54 Å². The van der Waals surface area contributed by atoms with Gasteiger partial charge in [0.2, 0.25) is 0 Å². The van der Waals surface area contributed by atoms with Crippen LogP contribution < -0.4 is 5.73 Å². The van der Waals surface area contributed by atoms with Crippen molar-refractivity contribution in [2.75, 3.05) is 13.6 Å². The van der Waals surface area contributed by atoms with Gasteiger partial charge in [-0.2, -0.15) is 13.2 Å². The number of halogens is 3. The summed E-state index contributed by atoms with van der Waals surface area (Å²) in [6, 6.07) is 16.5. The molecular weight excluding hydrogens is 377 g/mol. The summed E-state index contributed by atoms with van der Waals surface area (Å²) in [5.74, 6) is 0.409. The Bertz CT molecular complexity index is 1060. The van der Waals surface area contributed by atoms with Crippen LogP contribution in [-0.4, -0.2) is 29.4 Å². The van der Waals surface area contributed by atoms with Crippen molar-refractivity contribution < 1.29 is 13.2 Å². The van der Waals surface area contributed by atoms with Crippen LogP contribution in [0.4, 0.5) is 13.2 Å². The van der Waals surface area contributed by atoms with Crippen LogP contribution in [0.15, 0.2) is 78.0 Å². The highest BCUT2D eigenvalue weighted by atomic mass is 19.4. The molecular formula is C22H19F3N4. The van der Waals surface area contributed by atoms with Crippen molar-refractivity contribution in [1.82, 2.24) is 9.88 Å². The van der Waals surface area contributed by atoms with Gasteiger partial charge in [-0.25, -0.2) is 4.99 Å². The zero-order chi connectivity index (χ0) is 20.6. The maximum atomic E-state index is 13.1. The van der Waals surface area contributed by atoms with E-state index in [2.05, 4.69) is 4.98 Å². The van der Waals surface area contributed by atoms with Crippen LogP contribution in [0.1, 0.15) is 16.7 Å². The number of rotatable bonds is 3. The number of aromatic nitrogens is 1. The van der Waals surface area contributed by atoms with Gasteiger partial charge in [-0.05, 0) is 52.6 Å². The minimum absolute atomic E-state index is 0.409. The standard InChI is InChI=1S/C22H19F3N4/c1-29-14-21(28-20(29)26,17-8-10-27-11-9-17)18-6-2-4-15(12-18)16-5-3-7-19(13-16)22(23,24)25/h2-13H,14H2,1H3,(H2,26,28). The van der Waals surface area contributed by atoms with Crippen LogP contribution in [0.5, 0.6) is 0 Å². The lowest BCUT2D eigenvalue weighted by Gasteiger charge is -2.28. The molecule has 1 aliphatic rings. The highest BCUT2D eigenvalue weighted by Crippen LogP contribution is 2.39. The van der Waals surface area contributed by atoms with Crippen molar-refractivity contribution >= 4 is 5.96 Å². The van der Waals surface area contributed by atoms with Crippen molar-refractivity contribution in [2.24, 2.45) is 10.7 Å². The van der Waals surface area contributed by atoms with Gasteiger partial charge in [-0.15, -0.1) is 0 Å². The first-order valence-electron chi connectivity index (χ1n) is 9.05. The molecule has 4 rings (SSSR count). The van der Waals surface area contributed by atoms with Crippen molar-refractivity contribution in [3.8, 4) is 11.1 Å². The molecule has 0 radical (unpaired) electrons. The minimum Gasteiger partial charge on any atom is -0.370 e. The average Bonchev–Trinajstić information content (AvgIpc) is 3.04. The summed E-state index contributed by atoms with van der Waals surface area (Å²) in [6.07, 6.45) is -1.01.